The molecule has 0 bridgehead atoms. The third kappa shape index (κ3) is 3.75. The van der Waals surface area contributed by atoms with Gasteiger partial charge in [-0.2, -0.15) is 0 Å². The van der Waals surface area contributed by atoms with Gasteiger partial charge < -0.3 is 16.2 Å². The highest BCUT2D eigenvalue weighted by molar-refractivity contribution is 5.87. The largest absolute Gasteiger partial charge is 0.480 e. The molecule has 0 aliphatic rings. The summed E-state index contributed by atoms with van der Waals surface area (Å²) >= 11 is 0. The van der Waals surface area contributed by atoms with Crippen LogP contribution in [0.3, 0.4) is 0 Å². The van der Waals surface area contributed by atoms with Gasteiger partial charge in [-0.05, 0) is 26.0 Å². The Kier molecular flexibility index (Phi) is 3.67. The summed E-state index contributed by atoms with van der Waals surface area (Å²) in [6.45, 7) is 2.84. The van der Waals surface area contributed by atoms with E-state index in [-0.39, 0.29) is 6.42 Å². The van der Waals surface area contributed by atoms with Crippen LogP contribution in [0.25, 0.3) is 0 Å². The number of amides is 1. The number of aliphatic carboxylic acids is 1. The van der Waals surface area contributed by atoms with Crippen molar-refractivity contribution in [2.24, 2.45) is 0 Å². The molecule has 17 heavy (non-hydrogen) atoms. The second kappa shape index (κ2) is 4.82. The second-order valence-electron chi connectivity index (χ2n) is 4.24. The van der Waals surface area contributed by atoms with Crippen LogP contribution < -0.4 is 11.1 Å². The fraction of sp³-hybridized carbons (Fsp3) is 0.364. The van der Waals surface area contributed by atoms with Gasteiger partial charge in [-0.15, -0.1) is 0 Å². The van der Waals surface area contributed by atoms with Crippen molar-refractivity contribution in [1.29, 1.82) is 0 Å². The molecule has 92 valence electrons. The minimum Gasteiger partial charge on any atom is -0.480 e. The first kappa shape index (κ1) is 13.0. The molecule has 0 saturated carbocycles. The molecule has 0 fully saturated rings. The lowest BCUT2D eigenvalue weighted by Gasteiger charge is -2.20. The predicted octanol–water partition coefficient (Wildman–Crippen LogP) is 0.186. The molecular weight excluding hydrogens is 222 g/mol. The van der Waals surface area contributed by atoms with Crippen molar-refractivity contribution >= 4 is 17.6 Å². The molecule has 1 aromatic rings. The Labute approximate surface area is 98.8 Å². The number of carbonyl (C=O) groups is 2. The summed E-state index contributed by atoms with van der Waals surface area (Å²) in [6, 6.07) is 3.26. The van der Waals surface area contributed by atoms with Crippen LogP contribution in [0.5, 0.6) is 0 Å². The maximum absolute atomic E-state index is 11.6. The monoisotopic (exact) mass is 237 g/mol. The fourth-order valence-corrected chi connectivity index (χ4v) is 1.15. The molecule has 1 heterocycles. The quantitative estimate of drug-likeness (QED) is 0.693. The van der Waals surface area contributed by atoms with E-state index in [1.54, 1.807) is 12.1 Å². The van der Waals surface area contributed by atoms with Gasteiger partial charge in [-0.25, -0.2) is 4.79 Å². The normalized spacial score (nSPS) is 10.9. The molecular formula is C11H15N3O3. The third-order valence-corrected chi connectivity index (χ3v) is 2.18. The number of pyridine rings is 1. The zero-order valence-electron chi connectivity index (χ0n) is 9.73. The van der Waals surface area contributed by atoms with Gasteiger partial charge in [-0.3, -0.25) is 9.78 Å². The predicted molar refractivity (Wildman–Crippen MR) is 62.2 cm³/mol. The number of nitrogens with two attached hydrogens (primary N) is 1. The minimum absolute atomic E-state index is 0.0248. The van der Waals surface area contributed by atoms with E-state index in [0.717, 1.165) is 0 Å². The SMILES string of the molecule is CC(C)(NC(=O)Cc1ccc(N)cn1)C(=O)O. The average Bonchev–Trinajstić information content (AvgIpc) is 2.20. The van der Waals surface area contributed by atoms with E-state index in [4.69, 9.17) is 10.8 Å². The standard InChI is InChI=1S/C11H15N3O3/c1-11(2,10(16)17)14-9(15)5-8-4-3-7(12)6-13-8/h3-4,6H,5,12H2,1-2H3,(H,14,15)(H,16,17). The molecule has 1 amide bonds. The first-order valence-corrected chi connectivity index (χ1v) is 5.06. The molecule has 0 aromatic carbocycles. The van der Waals surface area contributed by atoms with Gasteiger partial charge in [-0.1, -0.05) is 0 Å². The number of hydrogen-bond acceptors (Lipinski definition) is 4. The van der Waals surface area contributed by atoms with Crippen LogP contribution in [0.2, 0.25) is 0 Å². The number of anilines is 1. The number of nitrogens with one attached hydrogen (secondary N) is 1. The van der Waals surface area contributed by atoms with Crippen molar-refractivity contribution in [3.8, 4) is 0 Å². The van der Waals surface area contributed by atoms with E-state index in [1.807, 2.05) is 0 Å². The van der Waals surface area contributed by atoms with Gasteiger partial charge in [0.15, 0.2) is 0 Å². The van der Waals surface area contributed by atoms with Gasteiger partial charge in [0.2, 0.25) is 5.91 Å². The van der Waals surface area contributed by atoms with Crippen LogP contribution in [0.1, 0.15) is 19.5 Å². The number of rotatable bonds is 4. The molecule has 0 spiro atoms. The summed E-state index contributed by atoms with van der Waals surface area (Å²) in [5.41, 5.74) is 5.23. The Morgan fingerprint density at radius 2 is 2.12 bits per heavy atom. The number of aromatic nitrogens is 1. The Hall–Kier alpha value is -2.11. The molecule has 6 heteroatoms. The zero-order valence-corrected chi connectivity index (χ0v) is 9.73. The van der Waals surface area contributed by atoms with E-state index < -0.39 is 17.4 Å². The second-order valence-corrected chi connectivity index (χ2v) is 4.24. The highest BCUT2D eigenvalue weighted by Gasteiger charge is 2.28. The van der Waals surface area contributed by atoms with E-state index in [9.17, 15) is 9.59 Å². The van der Waals surface area contributed by atoms with Gasteiger partial charge in [0.1, 0.15) is 5.54 Å². The van der Waals surface area contributed by atoms with Crippen LogP contribution >= 0.6 is 0 Å². The molecule has 0 unspecified atom stereocenters. The summed E-state index contributed by atoms with van der Waals surface area (Å²) in [5, 5.41) is 11.3. The lowest BCUT2D eigenvalue weighted by molar-refractivity contribution is -0.145. The van der Waals surface area contributed by atoms with Crippen molar-refractivity contribution in [1.82, 2.24) is 10.3 Å². The smallest absolute Gasteiger partial charge is 0.328 e. The van der Waals surface area contributed by atoms with Gasteiger partial charge >= 0.3 is 5.97 Å². The van der Waals surface area contributed by atoms with E-state index in [2.05, 4.69) is 10.3 Å². The first-order valence-electron chi connectivity index (χ1n) is 5.06. The lowest BCUT2D eigenvalue weighted by atomic mass is 10.1. The molecule has 0 aliphatic carbocycles. The average molecular weight is 237 g/mol. The van der Waals surface area contributed by atoms with E-state index >= 15 is 0 Å². The van der Waals surface area contributed by atoms with Crippen LogP contribution in [-0.2, 0) is 16.0 Å². The zero-order chi connectivity index (χ0) is 13.1. The van der Waals surface area contributed by atoms with Crippen molar-refractivity contribution < 1.29 is 14.7 Å². The molecule has 6 nitrogen and oxygen atoms in total. The van der Waals surface area contributed by atoms with E-state index in [1.165, 1.54) is 20.0 Å². The topological polar surface area (TPSA) is 105 Å². The Morgan fingerprint density at radius 3 is 2.59 bits per heavy atom. The number of nitrogen functional groups attached to an aromatic ring is 1. The summed E-state index contributed by atoms with van der Waals surface area (Å²) in [5.74, 6) is -1.48. The van der Waals surface area contributed by atoms with Crippen molar-refractivity contribution in [2.45, 2.75) is 25.8 Å². The van der Waals surface area contributed by atoms with Crippen LogP contribution in [0.15, 0.2) is 18.3 Å². The highest BCUT2D eigenvalue weighted by Crippen LogP contribution is 2.05. The number of carboxylic acids is 1. The van der Waals surface area contributed by atoms with Gasteiger partial charge in [0.05, 0.1) is 18.3 Å². The lowest BCUT2D eigenvalue weighted by Crippen LogP contribution is -2.50. The first-order chi connectivity index (χ1) is 7.81. The van der Waals surface area contributed by atoms with Crippen molar-refractivity contribution in [3.63, 3.8) is 0 Å². The molecule has 4 N–H and O–H groups in total. The number of hydrogen-bond donors (Lipinski definition) is 3. The Morgan fingerprint density at radius 1 is 1.47 bits per heavy atom. The van der Waals surface area contributed by atoms with Crippen LogP contribution in [-0.4, -0.2) is 27.5 Å². The summed E-state index contributed by atoms with van der Waals surface area (Å²) in [4.78, 5) is 26.3. The van der Waals surface area contributed by atoms with Crippen molar-refractivity contribution in [2.75, 3.05) is 5.73 Å². The van der Waals surface area contributed by atoms with Gasteiger partial charge in [0, 0.05) is 5.69 Å². The van der Waals surface area contributed by atoms with E-state index in [0.29, 0.717) is 11.4 Å². The minimum atomic E-state index is -1.29. The summed E-state index contributed by atoms with van der Waals surface area (Å²) < 4.78 is 0. The number of carbonyl (C=O) groups excluding carboxylic acids is 1. The fourth-order valence-electron chi connectivity index (χ4n) is 1.15. The van der Waals surface area contributed by atoms with Crippen LogP contribution in [0.4, 0.5) is 5.69 Å². The third-order valence-electron chi connectivity index (χ3n) is 2.18. The summed E-state index contributed by atoms with van der Waals surface area (Å²) in [6.07, 6.45) is 1.47. The number of nitrogens with zero attached hydrogens (tertiary/aromatic N) is 1. The maximum Gasteiger partial charge on any atom is 0.328 e. The molecule has 0 atom stereocenters. The molecule has 0 saturated heterocycles. The van der Waals surface area contributed by atoms with Gasteiger partial charge in [0.25, 0.3) is 0 Å². The Bertz CT molecular complexity index is 426. The van der Waals surface area contributed by atoms with Crippen molar-refractivity contribution in [3.05, 3.63) is 24.0 Å². The molecule has 1 rings (SSSR count). The van der Waals surface area contributed by atoms with Crippen LogP contribution in [0, 0.1) is 0 Å². The molecule has 1 aromatic heterocycles. The summed E-state index contributed by atoms with van der Waals surface area (Å²) in [7, 11) is 0. The maximum atomic E-state index is 11.6. The Balaban J connectivity index is 2.62. The molecule has 0 aliphatic heterocycles. The molecule has 0 radical (unpaired) electrons. The highest BCUT2D eigenvalue weighted by atomic mass is 16.4. The number of carboxylic acid groups (broad SMARTS) is 1.